The van der Waals surface area contributed by atoms with Crippen LogP contribution in [0.2, 0.25) is 0 Å². The van der Waals surface area contributed by atoms with Crippen molar-refractivity contribution in [2.45, 2.75) is 69.9 Å². The quantitative estimate of drug-likeness (QED) is 0.317. The first-order chi connectivity index (χ1) is 12.2. The standard InChI is InChI=1S/C20H30O6/c1-12-6-4-8-13(2)17(23)18-15(14(3)19(24)26-18)10-16(22)20(25,11-21)9-5-7-12/h7-8,15-18,21-23,25H,3-6,9-11H2,1-2H3/b12-7-,13-8+/t15-,16+,17-,18-,20+/m1/s1. The number of carbonyl (C=O) groups excluding carboxylic acids is 1. The fourth-order valence-corrected chi connectivity index (χ4v) is 3.58. The highest BCUT2D eigenvalue weighted by Crippen LogP contribution is 2.37. The number of esters is 1. The Morgan fingerprint density at radius 3 is 2.62 bits per heavy atom. The van der Waals surface area contributed by atoms with E-state index in [0.29, 0.717) is 12.0 Å². The highest BCUT2D eigenvalue weighted by molar-refractivity contribution is 5.90. The molecule has 2 rings (SSSR count). The molecule has 0 aromatic carbocycles. The second-order valence-corrected chi connectivity index (χ2v) is 7.54. The van der Waals surface area contributed by atoms with E-state index in [1.54, 1.807) is 6.92 Å². The van der Waals surface area contributed by atoms with E-state index in [1.807, 2.05) is 19.1 Å². The SMILES string of the molecule is C=C1C(=O)O[C@@H]2[C@@H]1C[C@H](O)[C@@](O)(CO)CC/C=C(/C)CC/C=C(\C)[C@H]2O. The molecule has 0 saturated carbocycles. The van der Waals surface area contributed by atoms with Crippen molar-refractivity contribution in [3.05, 3.63) is 35.5 Å². The summed E-state index contributed by atoms with van der Waals surface area (Å²) in [5.74, 6) is -1.23. The lowest BCUT2D eigenvalue weighted by Crippen LogP contribution is -2.48. The van der Waals surface area contributed by atoms with E-state index in [2.05, 4.69) is 6.58 Å². The van der Waals surface area contributed by atoms with E-state index >= 15 is 0 Å². The topological polar surface area (TPSA) is 107 Å². The van der Waals surface area contributed by atoms with Crippen LogP contribution in [0.5, 0.6) is 0 Å². The molecule has 1 heterocycles. The van der Waals surface area contributed by atoms with Crippen LogP contribution in [-0.4, -0.2) is 56.9 Å². The van der Waals surface area contributed by atoms with Gasteiger partial charge in [0, 0.05) is 11.5 Å². The van der Waals surface area contributed by atoms with Gasteiger partial charge in [0.2, 0.25) is 0 Å². The van der Waals surface area contributed by atoms with Crippen molar-refractivity contribution >= 4 is 5.97 Å². The number of hydrogen-bond donors (Lipinski definition) is 4. The van der Waals surface area contributed by atoms with Crippen molar-refractivity contribution in [1.29, 1.82) is 0 Å². The van der Waals surface area contributed by atoms with Crippen molar-refractivity contribution in [3.8, 4) is 0 Å². The summed E-state index contributed by atoms with van der Waals surface area (Å²) in [7, 11) is 0. The third kappa shape index (κ3) is 4.43. The zero-order valence-corrected chi connectivity index (χ0v) is 15.5. The summed E-state index contributed by atoms with van der Waals surface area (Å²) in [6.07, 6.45) is 3.00. The predicted octanol–water partition coefficient (Wildman–Crippen LogP) is 1.39. The molecule has 2 aliphatic rings. The molecule has 4 N–H and O–H groups in total. The summed E-state index contributed by atoms with van der Waals surface area (Å²) >= 11 is 0. The molecule has 6 nitrogen and oxygen atoms in total. The molecule has 1 fully saturated rings. The molecule has 146 valence electrons. The number of carbonyl (C=O) groups is 1. The van der Waals surface area contributed by atoms with Crippen LogP contribution in [-0.2, 0) is 9.53 Å². The van der Waals surface area contributed by atoms with Crippen molar-refractivity contribution in [2.75, 3.05) is 6.61 Å². The van der Waals surface area contributed by atoms with Gasteiger partial charge in [-0.25, -0.2) is 4.79 Å². The van der Waals surface area contributed by atoms with Crippen molar-refractivity contribution in [1.82, 2.24) is 0 Å². The summed E-state index contributed by atoms with van der Waals surface area (Å²) < 4.78 is 5.30. The minimum Gasteiger partial charge on any atom is -0.455 e. The fourth-order valence-electron chi connectivity index (χ4n) is 3.58. The smallest absolute Gasteiger partial charge is 0.334 e. The van der Waals surface area contributed by atoms with Crippen LogP contribution in [0.4, 0.5) is 0 Å². The van der Waals surface area contributed by atoms with E-state index in [1.165, 1.54) is 0 Å². The van der Waals surface area contributed by atoms with Gasteiger partial charge in [-0.3, -0.25) is 0 Å². The number of hydrogen-bond acceptors (Lipinski definition) is 6. The average Bonchev–Trinajstić information content (AvgIpc) is 2.88. The molecule has 0 radical (unpaired) electrons. The van der Waals surface area contributed by atoms with Crippen LogP contribution in [0.3, 0.4) is 0 Å². The van der Waals surface area contributed by atoms with Gasteiger partial charge in [0.1, 0.15) is 17.8 Å². The highest BCUT2D eigenvalue weighted by Gasteiger charge is 2.46. The van der Waals surface area contributed by atoms with Gasteiger partial charge in [0.25, 0.3) is 0 Å². The van der Waals surface area contributed by atoms with Gasteiger partial charge in [-0.2, -0.15) is 0 Å². The van der Waals surface area contributed by atoms with E-state index < -0.39 is 42.4 Å². The lowest BCUT2D eigenvalue weighted by atomic mass is 9.80. The molecule has 1 aliphatic carbocycles. The molecule has 0 amide bonds. The van der Waals surface area contributed by atoms with E-state index in [9.17, 15) is 25.2 Å². The lowest BCUT2D eigenvalue weighted by molar-refractivity contribution is -0.144. The fraction of sp³-hybridized carbons (Fsp3) is 0.650. The maximum Gasteiger partial charge on any atom is 0.334 e. The van der Waals surface area contributed by atoms with Crippen LogP contribution in [0, 0.1) is 5.92 Å². The van der Waals surface area contributed by atoms with E-state index in [4.69, 9.17) is 4.74 Å². The van der Waals surface area contributed by atoms with Gasteiger partial charge >= 0.3 is 5.97 Å². The Morgan fingerprint density at radius 1 is 1.27 bits per heavy atom. The Balaban J connectivity index is 2.35. The third-order valence-electron chi connectivity index (χ3n) is 5.57. The van der Waals surface area contributed by atoms with Crippen LogP contribution in [0.15, 0.2) is 35.5 Å². The number of aliphatic hydroxyl groups is 4. The summed E-state index contributed by atoms with van der Waals surface area (Å²) in [6.45, 7) is 6.90. The maximum absolute atomic E-state index is 12.0. The first-order valence-corrected chi connectivity index (χ1v) is 9.11. The maximum atomic E-state index is 12.0. The van der Waals surface area contributed by atoms with E-state index in [-0.39, 0.29) is 18.4 Å². The Bertz CT molecular complexity index is 607. The molecule has 0 unspecified atom stereocenters. The van der Waals surface area contributed by atoms with Crippen molar-refractivity contribution in [3.63, 3.8) is 0 Å². The molecule has 1 saturated heterocycles. The minimum absolute atomic E-state index is 0.0284. The minimum atomic E-state index is -1.69. The first-order valence-electron chi connectivity index (χ1n) is 9.11. The predicted molar refractivity (Wildman–Crippen MR) is 97.2 cm³/mol. The second kappa shape index (κ2) is 8.48. The first kappa shape index (κ1) is 20.8. The third-order valence-corrected chi connectivity index (χ3v) is 5.57. The number of allylic oxidation sites excluding steroid dienone is 3. The Kier molecular flexibility index (Phi) is 6.80. The van der Waals surface area contributed by atoms with Gasteiger partial charge in [0.05, 0.1) is 12.7 Å². The van der Waals surface area contributed by atoms with Crippen LogP contribution in [0.25, 0.3) is 0 Å². The molecule has 0 spiro atoms. The zero-order valence-electron chi connectivity index (χ0n) is 15.5. The zero-order chi connectivity index (χ0) is 19.5. The molecule has 26 heavy (non-hydrogen) atoms. The molecule has 0 aromatic heterocycles. The molecule has 5 atom stereocenters. The molecular weight excluding hydrogens is 336 g/mol. The van der Waals surface area contributed by atoms with Crippen LogP contribution in [0.1, 0.15) is 46.0 Å². The summed E-state index contributed by atoms with van der Waals surface area (Å²) in [5, 5.41) is 41.5. The molecule has 6 heteroatoms. The normalized spacial score (nSPS) is 41.3. The van der Waals surface area contributed by atoms with Gasteiger partial charge < -0.3 is 25.2 Å². The van der Waals surface area contributed by atoms with Gasteiger partial charge in [-0.15, -0.1) is 0 Å². The number of rotatable bonds is 1. The van der Waals surface area contributed by atoms with Gasteiger partial charge in [0.15, 0.2) is 0 Å². The highest BCUT2D eigenvalue weighted by atomic mass is 16.6. The second-order valence-electron chi connectivity index (χ2n) is 7.54. The van der Waals surface area contributed by atoms with Gasteiger partial charge in [-0.1, -0.05) is 24.3 Å². The van der Waals surface area contributed by atoms with Crippen LogP contribution >= 0.6 is 0 Å². The Labute approximate surface area is 154 Å². The molecular formula is C20H30O6. The summed E-state index contributed by atoms with van der Waals surface area (Å²) in [4.78, 5) is 12.0. The lowest BCUT2D eigenvalue weighted by Gasteiger charge is -2.34. The largest absolute Gasteiger partial charge is 0.455 e. The Hall–Kier alpha value is -1.47. The van der Waals surface area contributed by atoms with E-state index in [0.717, 1.165) is 18.4 Å². The number of fused-ring (bicyclic) bond motifs is 1. The monoisotopic (exact) mass is 366 g/mol. The summed E-state index contributed by atoms with van der Waals surface area (Å²) in [5.41, 5.74) is 0.310. The number of aliphatic hydroxyl groups excluding tert-OH is 3. The molecule has 0 aromatic rings. The number of ether oxygens (including phenoxy) is 1. The average molecular weight is 366 g/mol. The molecule has 1 aliphatic heterocycles. The summed E-state index contributed by atoms with van der Waals surface area (Å²) in [6, 6.07) is 0. The van der Waals surface area contributed by atoms with Crippen molar-refractivity contribution < 1.29 is 30.0 Å². The van der Waals surface area contributed by atoms with Crippen LogP contribution < -0.4 is 0 Å². The van der Waals surface area contributed by atoms with Crippen molar-refractivity contribution in [2.24, 2.45) is 5.92 Å². The Morgan fingerprint density at radius 2 is 1.96 bits per heavy atom. The van der Waals surface area contributed by atoms with Gasteiger partial charge in [-0.05, 0) is 51.5 Å². The molecule has 0 bridgehead atoms.